The molecular formula is C19H28N4O3S2. The molecule has 0 unspecified atom stereocenters. The normalized spacial score (nSPS) is 14.0. The first-order chi connectivity index (χ1) is 13.6. The molecule has 1 aliphatic heterocycles. The van der Waals surface area contributed by atoms with E-state index >= 15 is 0 Å². The number of methoxy groups -OCH3 is 2. The van der Waals surface area contributed by atoms with E-state index in [4.69, 9.17) is 26.4 Å². The van der Waals surface area contributed by atoms with E-state index in [0.29, 0.717) is 6.67 Å². The van der Waals surface area contributed by atoms with Crippen LogP contribution in [0.2, 0.25) is 0 Å². The summed E-state index contributed by atoms with van der Waals surface area (Å²) in [6, 6.07) is 4.16. The molecule has 0 fully saturated rings. The van der Waals surface area contributed by atoms with E-state index in [1.165, 1.54) is 22.5 Å². The van der Waals surface area contributed by atoms with Crippen molar-refractivity contribution in [3.05, 3.63) is 27.2 Å². The molecule has 1 N–H and O–H groups in total. The third-order valence-electron chi connectivity index (χ3n) is 4.68. The highest BCUT2D eigenvalue weighted by Gasteiger charge is 2.20. The van der Waals surface area contributed by atoms with Crippen molar-refractivity contribution < 1.29 is 14.2 Å². The van der Waals surface area contributed by atoms with Crippen LogP contribution in [0.1, 0.15) is 24.5 Å². The van der Waals surface area contributed by atoms with E-state index in [-0.39, 0.29) is 0 Å². The molecule has 2 heterocycles. The smallest absolute Gasteiger partial charge is 0.204 e. The first-order valence-electron chi connectivity index (χ1n) is 9.50. The number of fused-ring (bicyclic) bond motifs is 1. The second kappa shape index (κ2) is 10.2. The van der Waals surface area contributed by atoms with Crippen molar-refractivity contribution in [3.8, 4) is 11.5 Å². The van der Waals surface area contributed by atoms with E-state index in [1.54, 1.807) is 14.2 Å². The number of hydrogen-bond donors (Lipinski definition) is 1. The van der Waals surface area contributed by atoms with Crippen molar-refractivity contribution >= 4 is 28.7 Å². The van der Waals surface area contributed by atoms with Gasteiger partial charge < -0.3 is 19.5 Å². The zero-order valence-electron chi connectivity index (χ0n) is 16.7. The van der Waals surface area contributed by atoms with E-state index in [0.717, 1.165) is 66.3 Å². The van der Waals surface area contributed by atoms with Gasteiger partial charge in [0.1, 0.15) is 0 Å². The Labute approximate surface area is 175 Å². The van der Waals surface area contributed by atoms with Crippen LogP contribution in [0.5, 0.6) is 11.5 Å². The summed E-state index contributed by atoms with van der Waals surface area (Å²) in [7, 11) is 3.34. The monoisotopic (exact) mass is 424 g/mol. The molecule has 2 aromatic rings. The zero-order chi connectivity index (χ0) is 19.9. The molecule has 28 heavy (non-hydrogen) atoms. The van der Waals surface area contributed by atoms with Crippen molar-refractivity contribution in [1.29, 1.82) is 0 Å². The molecule has 0 saturated carbocycles. The molecule has 0 radical (unpaired) electrons. The maximum Gasteiger partial charge on any atom is 0.204 e. The molecule has 0 bridgehead atoms. The van der Waals surface area contributed by atoms with Crippen molar-refractivity contribution in [3.63, 3.8) is 0 Å². The number of hydrogen-bond acceptors (Lipinski definition) is 8. The number of rotatable bonds is 10. The first kappa shape index (κ1) is 21.0. The minimum atomic E-state index is 0.684. The number of benzene rings is 1. The Bertz CT molecular complexity index is 837. The summed E-state index contributed by atoms with van der Waals surface area (Å²) >= 11 is 7.02. The lowest BCUT2D eigenvalue weighted by Crippen LogP contribution is -2.32. The second-order valence-electron chi connectivity index (χ2n) is 6.57. The predicted molar refractivity (Wildman–Crippen MR) is 114 cm³/mol. The number of anilines is 1. The molecule has 7 nitrogen and oxygen atoms in total. The largest absolute Gasteiger partial charge is 0.493 e. The standard InChI is InChI=1S/C19H28N4O3S2/c1-4-26-9-5-7-20-18-21-23(19(27)28-18)13-22-8-6-14-10-16(24-2)17(25-3)11-15(14)12-22/h10-11H,4-9,12-13H2,1-3H3,(H,20,21). The predicted octanol–water partition coefficient (Wildman–Crippen LogP) is 3.55. The van der Waals surface area contributed by atoms with E-state index in [2.05, 4.69) is 27.4 Å². The molecule has 0 atom stereocenters. The molecule has 0 amide bonds. The van der Waals surface area contributed by atoms with Gasteiger partial charge in [-0.15, -0.1) is 5.10 Å². The van der Waals surface area contributed by atoms with Crippen molar-refractivity contribution in [2.45, 2.75) is 33.0 Å². The van der Waals surface area contributed by atoms with Gasteiger partial charge in [0.15, 0.2) is 15.5 Å². The summed E-state index contributed by atoms with van der Waals surface area (Å²) in [5.41, 5.74) is 2.58. The highest BCUT2D eigenvalue weighted by molar-refractivity contribution is 7.73. The molecule has 3 rings (SSSR count). The van der Waals surface area contributed by atoms with Gasteiger partial charge >= 0.3 is 0 Å². The Morgan fingerprint density at radius 1 is 1.21 bits per heavy atom. The molecular weight excluding hydrogens is 396 g/mol. The van der Waals surface area contributed by atoms with Crippen molar-refractivity contribution in [2.75, 3.05) is 45.8 Å². The molecule has 0 saturated heterocycles. The second-order valence-corrected chi connectivity index (χ2v) is 8.19. The maximum atomic E-state index is 5.50. The number of ether oxygens (including phenoxy) is 3. The van der Waals surface area contributed by atoms with Crippen molar-refractivity contribution in [1.82, 2.24) is 14.7 Å². The van der Waals surface area contributed by atoms with Gasteiger partial charge in [0.05, 0.1) is 20.9 Å². The number of nitrogens with zero attached hydrogens (tertiary/aromatic N) is 3. The van der Waals surface area contributed by atoms with Gasteiger partial charge in [0.25, 0.3) is 0 Å². The third kappa shape index (κ3) is 5.22. The summed E-state index contributed by atoms with van der Waals surface area (Å²) < 4.78 is 18.9. The molecule has 1 aromatic carbocycles. The summed E-state index contributed by atoms with van der Waals surface area (Å²) in [6.07, 6.45) is 1.92. The quantitative estimate of drug-likeness (QED) is 0.462. The van der Waals surface area contributed by atoms with Gasteiger partial charge in [-0.25, -0.2) is 4.68 Å². The van der Waals surface area contributed by atoms with Gasteiger partial charge in [0.2, 0.25) is 5.13 Å². The lowest BCUT2D eigenvalue weighted by Gasteiger charge is -2.29. The van der Waals surface area contributed by atoms with Gasteiger partial charge in [-0.2, -0.15) is 0 Å². The van der Waals surface area contributed by atoms with Gasteiger partial charge in [-0.1, -0.05) is 11.3 Å². The van der Waals surface area contributed by atoms with Crippen LogP contribution in [-0.2, 0) is 24.4 Å². The van der Waals surface area contributed by atoms with Crippen LogP contribution in [0.4, 0.5) is 5.13 Å². The van der Waals surface area contributed by atoms with Gasteiger partial charge in [-0.3, -0.25) is 4.90 Å². The highest BCUT2D eigenvalue weighted by atomic mass is 32.1. The Kier molecular flexibility index (Phi) is 7.66. The van der Waals surface area contributed by atoms with Crippen LogP contribution in [0.3, 0.4) is 0 Å². The molecule has 0 spiro atoms. The fraction of sp³-hybridized carbons (Fsp3) is 0.579. The topological polar surface area (TPSA) is 60.8 Å². The number of aromatic nitrogens is 2. The Hall–Kier alpha value is -1.68. The average Bonchev–Trinajstić information content (AvgIpc) is 3.05. The van der Waals surface area contributed by atoms with Crippen LogP contribution >= 0.6 is 23.6 Å². The summed E-state index contributed by atoms with van der Waals surface area (Å²) in [4.78, 5) is 2.35. The Balaban J connectivity index is 1.60. The van der Waals surface area contributed by atoms with Gasteiger partial charge in [-0.05, 0) is 55.2 Å². The highest BCUT2D eigenvalue weighted by Crippen LogP contribution is 2.33. The molecule has 0 aliphatic carbocycles. The van der Waals surface area contributed by atoms with E-state index < -0.39 is 0 Å². The Morgan fingerprint density at radius 2 is 1.96 bits per heavy atom. The lowest BCUT2D eigenvalue weighted by molar-refractivity contribution is 0.147. The fourth-order valence-corrected chi connectivity index (χ4v) is 4.25. The molecule has 154 valence electrons. The Morgan fingerprint density at radius 3 is 2.68 bits per heavy atom. The van der Waals surface area contributed by atoms with Crippen LogP contribution in [-0.4, -0.2) is 55.2 Å². The van der Waals surface area contributed by atoms with Crippen LogP contribution in [0.15, 0.2) is 12.1 Å². The number of nitrogens with one attached hydrogen (secondary N) is 1. The minimum absolute atomic E-state index is 0.684. The molecule has 9 heteroatoms. The molecule has 1 aromatic heterocycles. The fourth-order valence-electron chi connectivity index (χ4n) is 3.23. The van der Waals surface area contributed by atoms with E-state index in [9.17, 15) is 0 Å². The minimum Gasteiger partial charge on any atom is -0.493 e. The first-order valence-corrected chi connectivity index (χ1v) is 10.7. The van der Waals surface area contributed by atoms with Gasteiger partial charge in [0, 0.05) is 32.8 Å². The van der Waals surface area contributed by atoms with Crippen LogP contribution < -0.4 is 14.8 Å². The van der Waals surface area contributed by atoms with Crippen LogP contribution in [0.25, 0.3) is 0 Å². The summed E-state index contributed by atoms with van der Waals surface area (Å²) in [5, 5.41) is 8.83. The zero-order valence-corrected chi connectivity index (χ0v) is 18.3. The molecule has 1 aliphatic rings. The lowest BCUT2D eigenvalue weighted by atomic mass is 9.99. The summed E-state index contributed by atoms with van der Waals surface area (Å²) in [5.74, 6) is 1.56. The van der Waals surface area contributed by atoms with Crippen molar-refractivity contribution in [2.24, 2.45) is 0 Å². The average molecular weight is 425 g/mol. The van der Waals surface area contributed by atoms with Crippen LogP contribution in [0, 0.1) is 3.95 Å². The third-order valence-corrected chi connectivity index (χ3v) is 5.95. The summed E-state index contributed by atoms with van der Waals surface area (Å²) in [6.45, 7) is 6.84. The SMILES string of the molecule is CCOCCCNc1nn(CN2CCc3cc(OC)c(OC)cc3C2)c(=S)s1. The maximum absolute atomic E-state index is 5.50. The van der Waals surface area contributed by atoms with E-state index in [1.807, 2.05) is 11.6 Å².